The zero-order valence-electron chi connectivity index (χ0n) is 23.3. The Kier molecular flexibility index (Phi) is 11.9. The first-order valence-electron chi connectivity index (χ1n) is 13.4. The number of benzene rings is 3. The second-order valence-electron chi connectivity index (χ2n) is 9.31. The summed E-state index contributed by atoms with van der Waals surface area (Å²) in [4.78, 5) is 28.8. The number of anilines is 1. The number of rotatable bonds is 14. The van der Waals surface area contributed by atoms with Crippen LogP contribution in [-0.2, 0) is 26.2 Å². The molecule has 2 amide bonds. The Balaban J connectivity index is 2.06. The second kappa shape index (κ2) is 15.1. The summed E-state index contributed by atoms with van der Waals surface area (Å²) < 4.78 is 34.0. The van der Waals surface area contributed by atoms with Crippen LogP contribution in [0.15, 0.2) is 77.7 Å². The molecule has 0 aliphatic rings. The Morgan fingerprint density at radius 3 is 2.12 bits per heavy atom. The number of methoxy groups -OCH3 is 1. The quantitative estimate of drug-likeness (QED) is 0.226. The van der Waals surface area contributed by atoms with E-state index < -0.39 is 28.5 Å². The number of sulfonamides is 1. The van der Waals surface area contributed by atoms with Gasteiger partial charge in [-0.2, -0.15) is 0 Å². The van der Waals surface area contributed by atoms with Crippen molar-refractivity contribution in [2.24, 2.45) is 0 Å². The van der Waals surface area contributed by atoms with Gasteiger partial charge in [-0.1, -0.05) is 67.7 Å². The first kappa shape index (κ1) is 32.2. The van der Waals surface area contributed by atoms with E-state index in [2.05, 4.69) is 5.32 Å². The molecular weight excluding hydrogens is 585 g/mol. The molecule has 0 unspecified atom stereocenters. The fraction of sp³-hybridized carbons (Fsp3) is 0.333. The highest BCUT2D eigenvalue weighted by Crippen LogP contribution is 2.29. The lowest BCUT2D eigenvalue weighted by Gasteiger charge is -2.33. The first-order valence-corrected chi connectivity index (χ1v) is 15.6. The predicted octanol–water partition coefficient (Wildman–Crippen LogP) is 5.92. The molecule has 0 bridgehead atoms. The normalized spacial score (nSPS) is 11.9. The van der Waals surface area contributed by atoms with Crippen molar-refractivity contribution in [3.05, 3.63) is 88.4 Å². The summed E-state index contributed by atoms with van der Waals surface area (Å²) in [7, 11) is -2.66. The Labute approximate surface area is 252 Å². The highest BCUT2D eigenvalue weighted by atomic mass is 35.5. The zero-order valence-corrected chi connectivity index (χ0v) is 25.7. The molecule has 0 aromatic heterocycles. The number of nitrogens with zero attached hydrogens (tertiary/aromatic N) is 2. The molecule has 3 rings (SSSR count). The van der Waals surface area contributed by atoms with Crippen LogP contribution in [0.5, 0.6) is 5.75 Å². The molecule has 0 saturated heterocycles. The molecule has 3 aromatic carbocycles. The molecule has 41 heavy (non-hydrogen) atoms. The summed E-state index contributed by atoms with van der Waals surface area (Å²) in [6.45, 7) is 3.62. The molecule has 0 radical (unpaired) electrons. The van der Waals surface area contributed by atoms with Gasteiger partial charge >= 0.3 is 0 Å². The van der Waals surface area contributed by atoms with Crippen LogP contribution < -0.4 is 14.4 Å². The van der Waals surface area contributed by atoms with E-state index in [1.54, 1.807) is 67.6 Å². The standard InChI is InChI=1S/C30H35Cl2N3O5S/c1-4-6-19-33-30(37)28(5-2)34(20-25-26(31)13-10-14-27(25)32)29(36)21-35(22-15-17-23(40-3)18-16-22)41(38,39)24-11-8-7-9-12-24/h7-18,28H,4-6,19-21H2,1-3H3,(H,33,37)/t28-/m1/s1. The van der Waals surface area contributed by atoms with E-state index in [4.69, 9.17) is 27.9 Å². The van der Waals surface area contributed by atoms with Gasteiger partial charge in [-0.15, -0.1) is 0 Å². The molecule has 1 atom stereocenters. The second-order valence-corrected chi connectivity index (χ2v) is 12.0. The molecule has 0 heterocycles. The van der Waals surface area contributed by atoms with Crippen LogP contribution in [0.25, 0.3) is 0 Å². The van der Waals surface area contributed by atoms with Crippen molar-refractivity contribution in [1.29, 1.82) is 0 Å². The van der Waals surface area contributed by atoms with Crippen LogP contribution in [0.1, 0.15) is 38.7 Å². The summed E-state index contributed by atoms with van der Waals surface area (Å²) in [5.74, 6) is -0.393. The van der Waals surface area contributed by atoms with Gasteiger partial charge in [-0.05, 0) is 61.4 Å². The maximum Gasteiger partial charge on any atom is 0.264 e. The van der Waals surface area contributed by atoms with Crippen LogP contribution in [0, 0.1) is 0 Å². The minimum Gasteiger partial charge on any atom is -0.497 e. The average Bonchev–Trinajstić information content (AvgIpc) is 2.97. The van der Waals surface area contributed by atoms with Crippen molar-refractivity contribution in [3.8, 4) is 5.75 Å². The van der Waals surface area contributed by atoms with E-state index in [-0.39, 0.29) is 23.0 Å². The number of unbranched alkanes of at least 4 members (excludes halogenated alkanes) is 1. The fourth-order valence-electron chi connectivity index (χ4n) is 4.28. The molecular formula is C30H35Cl2N3O5S. The monoisotopic (exact) mass is 619 g/mol. The topological polar surface area (TPSA) is 96.0 Å². The van der Waals surface area contributed by atoms with E-state index in [0.717, 1.165) is 17.1 Å². The van der Waals surface area contributed by atoms with E-state index in [1.165, 1.54) is 24.1 Å². The largest absolute Gasteiger partial charge is 0.497 e. The summed E-state index contributed by atoms with van der Waals surface area (Å²) in [6, 6.07) is 18.3. The maximum atomic E-state index is 14.1. The van der Waals surface area contributed by atoms with Gasteiger partial charge in [-0.3, -0.25) is 13.9 Å². The van der Waals surface area contributed by atoms with Crippen molar-refractivity contribution in [2.45, 2.75) is 50.6 Å². The number of carbonyl (C=O) groups excluding carboxylic acids is 2. The summed E-state index contributed by atoms with van der Waals surface area (Å²) in [5, 5.41) is 3.56. The third-order valence-electron chi connectivity index (χ3n) is 6.58. The van der Waals surface area contributed by atoms with Crippen LogP contribution in [0.2, 0.25) is 10.0 Å². The molecule has 220 valence electrons. The molecule has 8 nitrogen and oxygen atoms in total. The number of amides is 2. The van der Waals surface area contributed by atoms with Crippen molar-refractivity contribution in [1.82, 2.24) is 10.2 Å². The predicted molar refractivity (Wildman–Crippen MR) is 163 cm³/mol. The number of carbonyl (C=O) groups is 2. The van der Waals surface area contributed by atoms with Crippen LogP contribution >= 0.6 is 23.2 Å². The van der Waals surface area contributed by atoms with Crippen LogP contribution in [0.3, 0.4) is 0 Å². The minimum absolute atomic E-state index is 0.0219. The molecule has 0 spiro atoms. The van der Waals surface area contributed by atoms with Crippen molar-refractivity contribution in [3.63, 3.8) is 0 Å². The van der Waals surface area contributed by atoms with E-state index in [9.17, 15) is 18.0 Å². The molecule has 0 aliphatic heterocycles. The Morgan fingerprint density at radius 2 is 1.56 bits per heavy atom. The SMILES string of the molecule is CCCCNC(=O)[C@@H](CC)N(Cc1c(Cl)cccc1Cl)C(=O)CN(c1ccc(OC)cc1)S(=O)(=O)c1ccccc1. The number of hydrogen-bond donors (Lipinski definition) is 1. The van der Waals surface area contributed by atoms with Gasteiger partial charge in [0.05, 0.1) is 17.7 Å². The lowest BCUT2D eigenvalue weighted by atomic mass is 10.1. The Bertz CT molecular complexity index is 1400. The summed E-state index contributed by atoms with van der Waals surface area (Å²) in [5.41, 5.74) is 0.727. The molecule has 11 heteroatoms. The van der Waals surface area contributed by atoms with Crippen molar-refractivity contribution in [2.75, 3.05) is 24.5 Å². The fourth-order valence-corrected chi connectivity index (χ4v) is 6.23. The third kappa shape index (κ3) is 8.15. The number of hydrogen-bond acceptors (Lipinski definition) is 5. The lowest BCUT2D eigenvalue weighted by molar-refractivity contribution is -0.140. The lowest BCUT2D eigenvalue weighted by Crippen LogP contribution is -2.52. The van der Waals surface area contributed by atoms with Gasteiger partial charge in [0, 0.05) is 28.7 Å². The molecule has 3 aromatic rings. The zero-order chi connectivity index (χ0) is 30.0. The van der Waals surface area contributed by atoms with Gasteiger partial charge in [0.25, 0.3) is 10.0 Å². The average molecular weight is 621 g/mol. The Hall–Kier alpha value is -3.27. The number of ether oxygens (including phenoxy) is 1. The van der Waals surface area contributed by atoms with Crippen LogP contribution in [0.4, 0.5) is 5.69 Å². The van der Waals surface area contributed by atoms with Gasteiger partial charge in [-0.25, -0.2) is 8.42 Å². The van der Waals surface area contributed by atoms with Gasteiger partial charge in [0.1, 0.15) is 18.3 Å². The van der Waals surface area contributed by atoms with Gasteiger partial charge in [0.2, 0.25) is 11.8 Å². The highest BCUT2D eigenvalue weighted by molar-refractivity contribution is 7.92. The van der Waals surface area contributed by atoms with Crippen molar-refractivity contribution < 1.29 is 22.7 Å². The minimum atomic E-state index is -4.17. The Morgan fingerprint density at radius 1 is 0.927 bits per heavy atom. The first-order chi connectivity index (χ1) is 19.6. The van der Waals surface area contributed by atoms with E-state index in [1.807, 2.05) is 6.92 Å². The smallest absolute Gasteiger partial charge is 0.264 e. The number of halogens is 2. The summed E-state index contributed by atoms with van der Waals surface area (Å²) >= 11 is 12.9. The number of nitrogens with one attached hydrogen (secondary N) is 1. The molecule has 0 aliphatic carbocycles. The van der Waals surface area contributed by atoms with Gasteiger partial charge < -0.3 is 15.0 Å². The van der Waals surface area contributed by atoms with E-state index in [0.29, 0.717) is 34.3 Å². The maximum absolute atomic E-state index is 14.1. The molecule has 1 N–H and O–H groups in total. The highest BCUT2D eigenvalue weighted by Gasteiger charge is 2.34. The molecule has 0 fully saturated rings. The summed E-state index contributed by atoms with van der Waals surface area (Å²) in [6.07, 6.45) is 1.97. The van der Waals surface area contributed by atoms with Crippen molar-refractivity contribution >= 4 is 50.7 Å². The molecule has 0 saturated carbocycles. The van der Waals surface area contributed by atoms with Crippen LogP contribution in [-0.4, -0.2) is 51.4 Å². The van der Waals surface area contributed by atoms with Gasteiger partial charge in [0.15, 0.2) is 0 Å². The third-order valence-corrected chi connectivity index (χ3v) is 9.07. The van der Waals surface area contributed by atoms with E-state index >= 15 is 0 Å².